The molecule has 88 valence electrons. The van der Waals surface area contributed by atoms with Crippen molar-refractivity contribution in [3.63, 3.8) is 0 Å². The van der Waals surface area contributed by atoms with Gasteiger partial charge in [-0.15, -0.1) is 0 Å². The molecule has 0 fully saturated rings. The van der Waals surface area contributed by atoms with Crippen molar-refractivity contribution in [1.82, 2.24) is 0 Å². The van der Waals surface area contributed by atoms with Crippen LogP contribution in [0.2, 0.25) is 0 Å². The number of hydrogen-bond donors (Lipinski definition) is 1. The van der Waals surface area contributed by atoms with E-state index in [1.165, 1.54) is 36.1 Å². The van der Waals surface area contributed by atoms with Crippen molar-refractivity contribution < 1.29 is 4.74 Å². The molecule has 16 heavy (non-hydrogen) atoms. The Kier molecular flexibility index (Phi) is 3.83. The third-order valence-corrected chi connectivity index (χ3v) is 2.98. The van der Waals surface area contributed by atoms with Gasteiger partial charge in [0.1, 0.15) is 0 Å². The summed E-state index contributed by atoms with van der Waals surface area (Å²) in [5.74, 6) is 0. The molecule has 1 aliphatic rings. The van der Waals surface area contributed by atoms with Crippen molar-refractivity contribution in [3.05, 3.63) is 29.3 Å². The fourth-order valence-corrected chi connectivity index (χ4v) is 2.17. The van der Waals surface area contributed by atoms with Crippen molar-refractivity contribution in [1.29, 1.82) is 0 Å². The predicted octanol–water partition coefficient (Wildman–Crippen LogP) is 3.01. The second-order valence-corrected chi connectivity index (χ2v) is 4.68. The van der Waals surface area contributed by atoms with Crippen LogP contribution >= 0.6 is 0 Å². The average molecular weight is 219 g/mol. The van der Waals surface area contributed by atoms with E-state index in [1.54, 1.807) is 0 Å². The molecule has 0 aliphatic heterocycles. The summed E-state index contributed by atoms with van der Waals surface area (Å²) >= 11 is 0. The summed E-state index contributed by atoms with van der Waals surface area (Å²) in [6, 6.07) is 6.73. The highest BCUT2D eigenvalue weighted by atomic mass is 16.5. The van der Waals surface area contributed by atoms with Gasteiger partial charge in [-0.3, -0.25) is 0 Å². The van der Waals surface area contributed by atoms with Crippen molar-refractivity contribution in [2.45, 2.75) is 39.2 Å². The highest BCUT2D eigenvalue weighted by molar-refractivity contribution is 5.50. The van der Waals surface area contributed by atoms with E-state index in [1.807, 2.05) is 0 Å². The third-order valence-electron chi connectivity index (χ3n) is 2.98. The molecule has 1 N–H and O–H groups in total. The number of ether oxygens (including phenoxy) is 1. The molecule has 0 heterocycles. The number of fused-ring (bicyclic) bond motifs is 1. The van der Waals surface area contributed by atoms with E-state index in [0.717, 1.165) is 13.2 Å². The first kappa shape index (κ1) is 11.5. The number of benzene rings is 1. The van der Waals surface area contributed by atoms with Crippen LogP contribution in [-0.4, -0.2) is 19.3 Å². The van der Waals surface area contributed by atoms with Crippen molar-refractivity contribution in [2.24, 2.45) is 0 Å². The van der Waals surface area contributed by atoms with Crippen LogP contribution in [0.15, 0.2) is 18.2 Å². The quantitative estimate of drug-likeness (QED) is 0.769. The van der Waals surface area contributed by atoms with Crippen LogP contribution in [0.25, 0.3) is 0 Å². The van der Waals surface area contributed by atoms with Crippen LogP contribution in [0.1, 0.15) is 31.4 Å². The van der Waals surface area contributed by atoms with E-state index in [4.69, 9.17) is 4.74 Å². The molecule has 2 heteroatoms. The zero-order chi connectivity index (χ0) is 11.4. The lowest BCUT2D eigenvalue weighted by Crippen LogP contribution is -2.13. The lowest BCUT2D eigenvalue weighted by atomic mass is 10.1. The molecule has 0 saturated heterocycles. The van der Waals surface area contributed by atoms with Gasteiger partial charge in [0, 0.05) is 12.2 Å². The number of aryl methyl sites for hydroxylation is 2. The van der Waals surface area contributed by atoms with Gasteiger partial charge in [-0.1, -0.05) is 6.07 Å². The molecule has 2 rings (SSSR count). The van der Waals surface area contributed by atoms with Crippen molar-refractivity contribution in [3.8, 4) is 0 Å². The Balaban J connectivity index is 1.81. The summed E-state index contributed by atoms with van der Waals surface area (Å²) in [4.78, 5) is 0. The standard InChI is InChI=1S/C14H21NO/c1-11(2)16-9-8-15-14-7-6-12-4-3-5-13(12)10-14/h6-7,10-11,15H,3-5,8-9H2,1-2H3. The fourth-order valence-electron chi connectivity index (χ4n) is 2.17. The molecule has 0 unspecified atom stereocenters. The van der Waals surface area contributed by atoms with Crippen molar-refractivity contribution in [2.75, 3.05) is 18.5 Å². The summed E-state index contributed by atoms with van der Waals surface area (Å²) in [6.07, 6.45) is 4.14. The zero-order valence-corrected chi connectivity index (χ0v) is 10.3. The van der Waals surface area contributed by atoms with E-state index in [-0.39, 0.29) is 0 Å². The lowest BCUT2D eigenvalue weighted by Gasteiger charge is -2.10. The van der Waals surface area contributed by atoms with Gasteiger partial charge in [-0.25, -0.2) is 0 Å². The van der Waals surface area contributed by atoms with Gasteiger partial charge in [-0.2, -0.15) is 0 Å². The number of hydrogen-bond acceptors (Lipinski definition) is 2. The van der Waals surface area contributed by atoms with Crippen LogP contribution in [0.5, 0.6) is 0 Å². The van der Waals surface area contributed by atoms with Crippen LogP contribution in [0.4, 0.5) is 5.69 Å². The van der Waals surface area contributed by atoms with E-state index in [0.29, 0.717) is 6.10 Å². The van der Waals surface area contributed by atoms with Crippen LogP contribution in [0.3, 0.4) is 0 Å². The molecule has 1 aliphatic carbocycles. The Hall–Kier alpha value is -1.02. The molecule has 0 saturated carbocycles. The van der Waals surface area contributed by atoms with Gasteiger partial charge in [0.2, 0.25) is 0 Å². The minimum absolute atomic E-state index is 0.321. The Morgan fingerprint density at radius 1 is 1.25 bits per heavy atom. The van der Waals surface area contributed by atoms with Gasteiger partial charge >= 0.3 is 0 Å². The van der Waals surface area contributed by atoms with Gasteiger partial charge in [0.05, 0.1) is 12.7 Å². The minimum Gasteiger partial charge on any atom is -0.383 e. The molecule has 2 nitrogen and oxygen atoms in total. The molecule has 0 spiro atoms. The summed E-state index contributed by atoms with van der Waals surface area (Å²) in [7, 11) is 0. The number of anilines is 1. The predicted molar refractivity (Wildman–Crippen MR) is 68.0 cm³/mol. The zero-order valence-electron chi connectivity index (χ0n) is 10.3. The molecule has 1 aromatic carbocycles. The van der Waals surface area contributed by atoms with E-state index < -0.39 is 0 Å². The molecule has 0 atom stereocenters. The SMILES string of the molecule is CC(C)OCCNc1ccc2c(c1)CCC2. The second kappa shape index (κ2) is 5.35. The maximum Gasteiger partial charge on any atom is 0.0642 e. The molecule has 0 amide bonds. The summed E-state index contributed by atoms with van der Waals surface area (Å²) in [5, 5.41) is 3.40. The Bertz CT molecular complexity index is 347. The normalized spacial score (nSPS) is 14.2. The minimum atomic E-state index is 0.321. The molecular weight excluding hydrogens is 198 g/mol. The van der Waals surface area contributed by atoms with Crippen LogP contribution in [-0.2, 0) is 17.6 Å². The lowest BCUT2D eigenvalue weighted by molar-refractivity contribution is 0.0870. The Morgan fingerprint density at radius 2 is 2.06 bits per heavy atom. The first-order chi connectivity index (χ1) is 7.75. The number of rotatable bonds is 5. The topological polar surface area (TPSA) is 21.3 Å². The molecule has 1 aromatic rings. The number of nitrogens with one attached hydrogen (secondary N) is 1. The average Bonchev–Trinajstić information content (AvgIpc) is 2.71. The molecule has 0 aromatic heterocycles. The Morgan fingerprint density at radius 3 is 2.88 bits per heavy atom. The van der Waals surface area contributed by atoms with E-state index in [2.05, 4.69) is 37.4 Å². The van der Waals surface area contributed by atoms with Gasteiger partial charge in [0.15, 0.2) is 0 Å². The van der Waals surface area contributed by atoms with E-state index >= 15 is 0 Å². The molecule has 0 radical (unpaired) electrons. The van der Waals surface area contributed by atoms with Gasteiger partial charge in [0.25, 0.3) is 0 Å². The Labute approximate surface area is 98.0 Å². The summed E-state index contributed by atoms with van der Waals surface area (Å²) < 4.78 is 5.49. The molecule has 0 bridgehead atoms. The van der Waals surface area contributed by atoms with Crippen LogP contribution < -0.4 is 5.32 Å². The van der Waals surface area contributed by atoms with Crippen molar-refractivity contribution >= 4 is 5.69 Å². The summed E-state index contributed by atoms with van der Waals surface area (Å²) in [6.45, 7) is 5.79. The van der Waals surface area contributed by atoms with Gasteiger partial charge in [-0.05, 0) is 56.4 Å². The maximum atomic E-state index is 5.49. The smallest absolute Gasteiger partial charge is 0.0642 e. The first-order valence-corrected chi connectivity index (χ1v) is 6.23. The first-order valence-electron chi connectivity index (χ1n) is 6.23. The fraction of sp³-hybridized carbons (Fsp3) is 0.571. The monoisotopic (exact) mass is 219 g/mol. The molecular formula is C14H21NO. The largest absolute Gasteiger partial charge is 0.383 e. The van der Waals surface area contributed by atoms with Gasteiger partial charge < -0.3 is 10.1 Å². The highest BCUT2D eigenvalue weighted by Crippen LogP contribution is 2.24. The maximum absolute atomic E-state index is 5.49. The highest BCUT2D eigenvalue weighted by Gasteiger charge is 2.10. The summed E-state index contributed by atoms with van der Waals surface area (Å²) in [5.41, 5.74) is 4.28. The van der Waals surface area contributed by atoms with E-state index in [9.17, 15) is 0 Å². The second-order valence-electron chi connectivity index (χ2n) is 4.68. The van der Waals surface area contributed by atoms with Crippen LogP contribution in [0, 0.1) is 0 Å². The third kappa shape index (κ3) is 2.99.